The zero-order chi connectivity index (χ0) is 14.7. The monoisotopic (exact) mass is 282 g/mol. The molecular weight excluding hydrogens is 260 g/mol. The van der Waals surface area contributed by atoms with Crippen LogP contribution in [-0.4, -0.2) is 58.4 Å². The van der Waals surface area contributed by atoms with Crippen molar-refractivity contribution in [3.8, 4) is 0 Å². The lowest BCUT2D eigenvalue weighted by Gasteiger charge is -2.27. The zero-order valence-corrected chi connectivity index (χ0v) is 11.9. The molecule has 0 aromatic heterocycles. The first-order valence-electron chi connectivity index (χ1n) is 7.30. The number of likely N-dealkylation sites (tertiary alicyclic amines) is 2. The number of carboxylic acid groups (broad SMARTS) is 1. The first-order chi connectivity index (χ1) is 9.50. The van der Waals surface area contributed by atoms with E-state index >= 15 is 0 Å². The normalized spacial score (nSPS) is 27.6. The maximum absolute atomic E-state index is 12.3. The minimum absolute atomic E-state index is 0.00923. The molecule has 0 bridgehead atoms. The van der Waals surface area contributed by atoms with E-state index in [2.05, 4.69) is 0 Å². The van der Waals surface area contributed by atoms with Gasteiger partial charge in [-0.2, -0.15) is 0 Å². The summed E-state index contributed by atoms with van der Waals surface area (Å²) >= 11 is 0. The van der Waals surface area contributed by atoms with E-state index in [1.807, 2.05) is 6.92 Å². The predicted molar refractivity (Wildman–Crippen MR) is 72.0 cm³/mol. The van der Waals surface area contributed by atoms with E-state index < -0.39 is 12.0 Å². The molecule has 2 fully saturated rings. The number of nitrogens with zero attached hydrogens (tertiary/aromatic N) is 2. The summed E-state index contributed by atoms with van der Waals surface area (Å²) in [6, 6.07) is -0.746. The van der Waals surface area contributed by atoms with Gasteiger partial charge in [0.2, 0.25) is 11.8 Å². The standard InChI is InChI=1S/C14H22N2O4/c1-10-6-8-16(13(10)14(19)20)12(18)9-15-7-4-2-3-5-11(15)17/h10,13H,2-9H2,1H3,(H,19,20). The average molecular weight is 282 g/mol. The summed E-state index contributed by atoms with van der Waals surface area (Å²) < 4.78 is 0. The van der Waals surface area contributed by atoms with Gasteiger partial charge in [-0.05, 0) is 25.2 Å². The van der Waals surface area contributed by atoms with Crippen LogP contribution in [0.1, 0.15) is 39.0 Å². The maximum atomic E-state index is 12.3. The smallest absolute Gasteiger partial charge is 0.326 e. The van der Waals surface area contributed by atoms with Gasteiger partial charge in [0, 0.05) is 19.5 Å². The van der Waals surface area contributed by atoms with Crippen molar-refractivity contribution in [1.82, 2.24) is 9.80 Å². The predicted octanol–water partition coefficient (Wildman–Crippen LogP) is 0.711. The Labute approximate surface area is 118 Å². The van der Waals surface area contributed by atoms with Crippen LogP contribution >= 0.6 is 0 Å². The Bertz CT molecular complexity index is 410. The topological polar surface area (TPSA) is 77.9 Å². The largest absolute Gasteiger partial charge is 0.480 e. The molecule has 6 heteroatoms. The molecule has 2 saturated heterocycles. The third-order valence-corrected chi connectivity index (χ3v) is 4.27. The number of hydrogen-bond acceptors (Lipinski definition) is 3. The van der Waals surface area contributed by atoms with Gasteiger partial charge in [-0.3, -0.25) is 9.59 Å². The minimum Gasteiger partial charge on any atom is -0.480 e. The Morgan fingerprint density at radius 2 is 2.00 bits per heavy atom. The van der Waals surface area contributed by atoms with Crippen molar-refractivity contribution in [2.45, 2.75) is 45.1 Å². The van der Waals surface area contributed by atoms with Crippen LogP contribution in [0.3, 0.4) is 0 Å². The number of rotatable bonds is 3. The second-order valence-electron chi connectivity index (χ2n) is 5.76. The molecule has 0 spiro atoms. The second kappa shape index (κ2) is 6.24. The van der Waals surface area contributed by atoms with E-state index in [4.69, 9.17) is 0 Å². The fourth-order valence-corrected chi connectivity index (χ4v) is 3.06. The van der Waals surface area contributed by atoms with Crippen LogP contribution in [0, 0.1) is 5.92 Å². The van der Waals surface area contributed by atoms with Gasteiger partial charge < -0.3 is 14.9 Å². The van der Waals surface area contributed by atoms with Gasteiger partial charge in [0.15, 0.2) is 0 Å². The molecule has 2 rings (SSSR count). The minimum atomic E-state index is -0.953. The Kier molecular flexibility index (Phi) is 4.62. The summed E-state index contributed by atoms with van der Waals surface area (Å²) in [6.07, 6.45) is 4.00. The molecule has 0 aliphatic carbocycles. The third kappa shape index (κ3) is 3.11. The van der Waals surface area contributed by atoms with Gasteiger partial charge in [0.1, 0.15) is 6.04 Å². The van der Waals surface area contributed by atoms with E-state index in [0.29, 0.717) is 25.9 Å². The molecule has 2 aliphatic rings. The van der Waals surface area contributed by atoms with E-state index in [1.165, 1.54) is 4.90 Å². The van der Waals surface area contributed by atoms with Crippen LogP contribution in [0.15, 0.2) is 0 Å². The molecule has 0 radical (unpaired) electrons. The van der Waals surface area contributed by atoms with Crippen molar-refractivity contribution < 1.29 is 19.5 Å². The second-order valence-corrected chi connectivity index (χ2v) is 5.76. The van der Waals surface area contributed by atoms with Crippen molar-refractivity contribution in [3.05, 3.63) is 0 Å². The molecule has 2 atom stereocenters. The van der Waals surface area contributed by atoms with E-state index in [1.54, 1.807) is 4.90 Å². The fourth-order valence-electron chi connectivity index (χ4n) is 3.06. The van der Waals surface area contributed by atoms with Gasteiger partial charge in [-0.15, -0.1) is 0 Å². The number of aliphatic carboxylic acids is 1. The van der Waals surface area contributed by atoms with E-state index in [9.17, 15) is 19.5 Å². The molecule has 0 saturated carbocycles. The summed E-state index contributed by atoms with van der Waals surface area (Å²) in [6.45, 7) is 2.95. The van der Waals surface area contributed by atoms with Gasteiger partial charge in [0.05, 0.1) is 6.54 Å². The Morgan fingerprint density at radius 3 is 2.70 bits per heavy atom. The van der Waals surface area contributed by atoms with Crippen LogP contribution in [0.5, 0.6) is 0 Å². The molecular formula is C14H22N2O4. The molecule has 0 aromatic carbocycles. The molecule has 2 unspecified atom stereocenters. The summed E-state index contributed by atoms with van der Waals surface area (Å²) in [5.74, 6) is -1.21. The highest BCUT2D eigenvalue weighted by Crippen LogP contribution is 2.24. The van der Waals surface area contributed by atoms with Crippen LogP contribution in [0.2, 0.25) is 0 Å². The number of carbonyl (C=O) groups is 3. The SMILES string of the molecule is CC1CCN(C(=O)CN2CCCCCC2=O)C1C(=O)O. The number of carboxylic acids is 1. The summed E-state index contributed by atoms with van der Waals surface area (Å²) in [4.78, 5) is 38.5. The Morgan fingerprint density at radius 1 is 1.25 bits per heavy atom. The molecule has 6 nitrogen and oxygen atoms in total. The molecule has 2 amide bonds. The Balaban J connectivity index is 2.00. The van der Waals surface area contributed by atoms with Crippen molar-refractivity contribution in [1.29, 1.82) is 0 Å². The van der Waals surface area contributed by atoms with Crippen molar-refractivity contribution in [2.75, 3.05) is 19.6 Å². The van der Waals surface area contributed by atoms with Gasteiger partial charge >= 0.3 is 5.97 Å². The maximum Gasteiger partial charge on any atom is 0.326 e. The molecule has 1 N–H and O–H groups in total. The molecule has 0 aromatic rings. The summed E-state index contributed by atoms with van der Waals surface area (Å²) in [5, 5.41) is 9.23. The van der Waals surface area contributed by atoms with E-state index in [0.717, 1.165) is 19.3 Å². The quantitative estimate of drug-likeness (QED) is 0.827. The number of carbonyl (C=O) groups excluding carboxylic acids is 2. The average Bonchev–Trinajstić information content (AvgIpc) is 2.67. The van der Waals surface area contributed by atoms with Crippen molar-refractivity contribution >= 4 is 17.8 Å². The van der Waals surface area contributed by atoms with Crippen molar-refractivity contribution in [3.63, 3.8) is 0 Å². The van der Waals surface area contributed by atoms with Crippen molar-refractivity contribution in [2.24, 2.45) is 5.92 Å². The van der Waals surface area contributed by atoms with Gasteiger partial charge in [-0.1, -0.05) is 13.3 Å². The summed E-state index contributed by atoms with van der Waals surface area (Å²) in [7, 11) is 0. The summed E-state index contributed by atoms with van der Waals surface area (Å²) in [5.41, 5.74) is 0. The molecule has 20 heavy (non-hydrogen) atoms. The lowest BCUT2D eigenvalue weighted by Crippen LogP contribution is -2.48. The number of amides is 2. The lowest BCUT2D eigenvalue weighted by atomic mass is 10.0. The first-order valence-corrected chi connectivity index (χ1v) is 7.30. The van der Waals surface area contributed by atoms with Crippen LogP contribution < -0.4 is 0 Å². The highest BCUT2D eigenvalue weighted by molar-refractivity contribution is 5.88. The van der Waals surface area contributed by atoms with Gasteiger partial charge in [0.25, 0.3) is 0 Å². The van der Waals surface area contributed by atoms with Gasteiger partial charge in [-0.25, -0.2) is 4.79 Å². The molecule has 2 aliphatic heterocycles. The van der Waals surface area contributed by atoms with Crippen LogP contribution in [0.4, 0.5) is 0 Å². The Hall–Kier alpha value is -1.59. The zero-order valence-electron chi connectivity index (χ0n) is 11.9. The molecule has 112 valence electrons. The lowest BCUT2D eigenvalue weighted by molar-refractivity contribution is -0.150. The molecule has 2 heterocycles. The van der Waals surface area contributed by atoms with Crippen LogP contribution in [0.25, 0.3) is 0 Å². The third-order valence-electron chi connectivity index (χ3n) is 4.27. The number of hydrogen-bond donors (Lipinski definition) is 1. The first kappa shape index (κ1) is 14.8. The highest BCUT2D eigenvalue weighted by atomic mass is 16.4. The van der Waals surface area contributed by atoms with Crippen LogP contribution in [-0.2, 0) is 14.4 Å². The fraction of sp³-hybridized carbons (Fsp3) is 0.786. The highest BCUT2D eigenvalue weighted by Gasteiger charge is 2.39. The van der Waals surface area contributed by atoms with E-state index in [-0.39, 0.29) is 24.3 Å².